The van der Waals surface area contributed by atoms with Gasteiger partial charge in [-0.05, 0) is 18.2 Å². The Morgan fingerprint density at radius 2 is 1.44 bits per heavy atom. The molecule has 2 nitrogen and oxygen atoms in total. The Morgan fingerprint density at radius 1 is 0.833 bits per heavy atom. The van der Waals surface area contributed by atoms with Gasteiger partial charge in [-0.15, -0.1) is 0 Å². The van der Waals surface area contributed by atoms with Crippen LogP contribution in [-0.4, -0.2) is 10.1 Å². The lowest BCUT2D eigenvalue weighted by Gasteiger charge is -1.85. The van der Waals surface area contributed by atoms with E-state index >= 15 is 0 Å². The average molecular weight is 280 g/mol. The molecule has 2 aromatic carbocycles. The van der Waals surface area contributed by atoms with Crippen LogP contribution >= 0.6 is 23.2 Å². The lowest BCUT2D eigenvalue weighted by Crippen LogP contribution is -1.63. The van der Waals surface area contributed by atoms with Crippen LogP contribution in [0.1, 0.15) is 0 Å². The zero-order chi connectivity index (χ0) is 13.0. The number of phenolic OH excluding ortho intramolecular Hbond substituents is 1. The summed E-state index contributed by atoms with van der Waals surface area (Å²) in [6, 6.07) is 16.4. The number of para-hydroxylation sites is 2. The maximum atomic E-state index is 8.63. The molecule has 0 atom stereocenters. The summed E-state index contributed by atoms with van der Waals surface area (Å²) in [6.45, 7) is 0. The van der Waals surface area contributed by atoms with Gasteiger partial charge < -0.3 is 10.1 Å². The van der Waals surface area contributed by atoms with E-state index in [4.69, 9.17) is 28.3 Å². The highest BCUT2D eigenvalue weighted by Gasteiger charge is 2.04. The fraction of sp³-hybridized carbons (Fsp3) is 0. The van der Waals surface area contributed by atoms with E-state index in [0.29, 0.717) is 15.9 Å². The third-order valence-electron chi connectivity index (χ3n) is 2.36. The number of hydrogen-bond acceptors (Lipinski definition) is 1. The molecule has 18 heavy (non-hydrogen) atoms. The molecule has 0 unspecified atom stereocenters. The molecular formula is C14H11Cl2NO. The third-order valence-corrected chi connectivity index (χ3v) is 3.13. The maximum Gasteiger partial charge on any atom is 0.126 e. The Labute approximate surface area is 115 Å². The summed E-state index contributed by atoms with van der Waals surface area (Å²) in [5, 5.41) is 10.7. The van der Waals surface area contributed by atoms with Crippen molar-refractivity contribution in [2.45, 2.75) is 0 Å². The van der Waals surface area contributed by atoms with Crippen LogP contribution in [0.25, 0.3) is 10.9 Å². The van der Waals surface area contributed by atoms with Crippen molar-refractivity contribution < 1.29 is 5.11 Å². The Balaban J connectivity index is 0.000000149. The number of rotatable bonds is 0. The van der Waals surface area contributed by atoms with Crippen LogP contribution < -0.4 is 0 Å². The highest BCUT2D eigenvalue weighted by atomic mass is 35.5. The van der Waals surface area contributed by atoms with E-state index in [-0.39, 0.29) is 0 Å². The number of aromatic amines is 1. The molecule has 4 heteroatoms. The Kier molecular flexibility index (Phi) is 4.13. The van der Waals surface area contributed by atoms with Gasteiger partial charge in [0.25, 0.3) is 0 Å². The van der Waals surface area contributed by atoms with Crippen LogP contribution in [0.5, 0.6) is 5.75 Å². The number of hydrogen-bond donors (Lipinski definition) is 2. The first kappa shape index (κ1) is 12.8. The van der Waals surface area contributed by atoms with Crippen molar-refractivity contribution in [3.8, 4) is 5.75 Å². The zero-order valence-corrected chi connectivity index (χ0v) is 10.9. The lowest BCUT2D eigenvalue weighted by molar-refractivity contribution is 0.475. The summed E-state index contributed by atoms with van der Waals surface area (Å²) in [5.41, 5.74) is 0.975. The molecule has 0 fully saturated rings. The molecule has 0 saturated heterocycles. The van der Waals surface area contributed by atoms with Gasteiger partial charge in [0.15, 0.2) is 0 Å². The van der Waals surface area contributed by atoms with Crippen molar-refractivity contribution >= 4 is 34.1 Å². The fourth-order valence-corrected chi connectivity index (χ4v) is 1.92. The molecule has 1 heterocycles. The quantitative estimate of drug-likeness (QED) is 0.605. The molecule has 0 aliphatic heterocycles. The fourth-order valence-electron chi connectivity index (χ4n) is 1.50. The SMILES string of the molecule is Clc1[nH]c2ccccc2c1Cl.Oc1ccccc1. The standard InChI is InChI=1S/C8H5Cl2N.C6H6O/c9-7-5-3-1-2-4-6(5)11-8(7)10;7-6-4-2-1-3-5-6/h1-4,11H;1-5,7H. The zero-order valence-electron chi connectivity index (χ0n) is 9.40. The van der Waals surface area contributed by atoms with Gasteiger partial charge in [0, 0.05) is 10.9 Å². The van der Waals surface area contributed by atoms with E-state index in [1.165, 1.54) is 0 Å². The van der Waals surface area contributed by atoms with Gasteiger partial charge in [-0.2, -0.15) is 0 Å². The number of nitrogens with one attached hydrogen (secondary N) is 1. The van der Waals surface area contributed by atoms with Gasteiger partial charge in [0.1, 0.15) is 10.9 Å². The summed E-state index contributed by atoms with van der Waals surface area (Å²) in [5.74, 6) is 0.322. The van der Waals surface area contributed by atoms with E-state index in [1.807, 2.05) is 30.3 Å². The van der Waals surface area contributed by atoms with Gasteiger partial charge >= 0.3 is 0 Å². The molecule has 0 bridgehead atoms. The summed E-state index contributed by atoms with van der Waals surface area (Å²) < 4.78 is 0. The van der Waals surface area contributed by atoms with Crippen LogP contribution in [0.4, 0.5) is 0 Å². The third kappa shape index (κ3) is 2.97. The van der Waals surface area contributed by atoms with E-state index in [0.717, 1.165) is 10.9 Å². The predicted molar refractivity (Wildman–Crippen MR) is 76.4 cm³/mol. The molecule has 0 amide bonds. The van der Waals surface area contributed by atoms with Crippen LogP contribution in [0, 0.1) is 0 Å². The molecule has 0 radical (unpaired) electrons. The van der Waals surface area contributed by atoms with Crippen LogP contribution in [0.15, 0.2) is 54.6 Å². The lowest BCUT2D eigenvalue weighted by atomic mass is 10.2. The van der Waals surface area contributed by atoms with E-state index in [9.17, 15) is 0 Å². The minimum absolute atomic E-state index is 0.322. The number of fused-ring (bicyclic) bond motifs is 1. The van der Waals surface area contributed by atoms with Crippen molar-refractivity contribution in [2.75, 3.05) is 0 Å². The largest absolute Gasteiger partial charge is 0.508 e. The van der Waals surface area contributed by atoms with Crippen LogP contribution in [-0.2, 0) is 0 Å². The first-order chi connectivity index (χ1) is 8.68. The van der Waals surface area contributed by atoms with Crippen molar-refractivity contribution in [1.82, 2.24) is 4.98 Å². The number of phenols is 1. The van der Waals surface area contributed by atoms with Crippen molar-refractivity contribution in [3.63, 3.8) is 0 Å². The molecule has 2 N–H and O–H groups in total. The van der Waals surface area contributed by atoms with E-state index in [2.05, 4.69) is 4.98 Å². The molecule has 0 aliphatic carbocycles. The maximum absolute atomic E-state index is 8.63. The second-order valence-corrected chi connectivity index (χ2v) is 4.39. The second-order valence-electron chi connectivity index (χ2n) is 3.63. The molecule has 3 rings (SSSR count). The molecule has 0 aliphatic rings. The molecule has 1 aromatic heterocycles. The first-order valence-corrected chi connectivity index (χ1v) is 6.10. The molecule has 92 valence electrons. The summed E-state index contributed by atoms with van der Waals surface area (Å²) in [4.78, 5) is 2.96. The van der Waals surface area contributed by atoms with Crippen molar-refractivity contribution in [3.05, 3.63) is 64.8 Å². The minimum Gasteiger partial charge on any atom is -0.508 e. The normalized spacial score (nSPS) is 9.89. The van der Waals surface area contributed by atoms with Crippen molar-refractivity contribution in [1.29, 1.82) is 0 Å². The van der Waals surface area contributed by atoms with Crippen molar-refractivity contribution in [2.24, 2.45) is 0 Å². The van der Waals surface area contributed by atoms with Gasteiger partial charge in [-0.1, -0.05) is 59.6 Å². The Morgan fingerprint density at radius 3 is 2.00 bits per heavy atom. The van der Waals surface area contributed by atoms with Crippen LogP contribution in [0.2, 0.25) is 10.2 Å². The van der Waals surface area contributed by atoms with Gasteiger partial charge in [-0.25, -0.2) is 0 Å². The molecule has 0 saturated carbocycles. The van der Waals surface area contributed by atoms with E-state index < -0.39 is 0 Å². The summed E-state index contributed by atoms with van der Waals surface area (Å²) >= 11 is 11.6. The minimum atomic E-state index is 0.322. The number of benzene rings is 2. The van der Waals surface area contributed by atoms with Gasteiger partial charge in [-0.3, -0.25) is 0 Å². The smallest absolute Gasteiger partial charge is 0.126 e. The van der Waals surface area contributed by atoms with Gasteiger partial charge in [0.2, 0.25) is 0 Å². The van der Waals surface area contributed by atoms with E-state index in [1.54, 1.807) is 24.3 Å². The topological polar surface area (TPSA) is 36.0 Å². The first-order valence-electron chi connectivity index (χ1n) is 5.34. The monoisotopic (exact) mass is 279 g/mol. The summed E-state index contributed by atoms with van der Waals surface area (Å²) in [6.07, 6.45) is 0. The number of H-pyrrole nitrogens is 1. The van der Waals surface area contributed by atoms with Crippen LogP contribution in [0.3, 0.4) is 0 Å². The molecule has 0 spiro atoms. The Bertz CT molecular complexity index is 635. The second kappa shape index (κ2) is 5.80. The van der Waals surface area contributed by atoms with Gasteiger partial charge in [0.05, 0.1) is 5.02 Å². The average Bonchev–Trinajstić information content (AvgIpc) is 2.68. The summed E-state index contributed by atoms with van der Waals surface area (Å²) in [7, 11) is 0. The number of aromatic hydroxyl groups is 1. The molecular weight excluding hydrogens is 269 g/mol. The highest BCUT2D eigenvalue weighted by Crippen LogP contribution is 2.29. The number of aromatic nitrogens is 1. The number of halogens is 2. The highest BCUT2D eigenvalue weighted by molar-refractivity contribution is 6.45. The Hall–Kier alpha value is -1.64. The predicted octanol–water partition coefficient (Wildman–Crippen LogP) is 4.87. The molecule has 3 aromatic rings.